The molecule has 1 atom stereocenters. The number of nitrogens with zero attached hydrogens (tertiary/aromatic N) is 2. The molecule has 0 unspecified atom stereocenters. The highest BCUT2D eigenvalue weighted by Gasteiger charge is 2.36. The summed E-state index contributed by atoms with van der Waals surface area (Å²) in [6.45, 7) is 2.46. The van der Waals surface area contributed by atoms with Gasteiger partial charge in [-0.1, -0.05) is 83.9 Å². The van der Waals surface area contributed by atoms with Crippen molar-refractivity contribution in [1.82, 2.24) is 10.2 Å². The maximum atomic E-state index is 13.9. The number of amides is 2. The summed E-state index contributed by atoms with van der Waals surface area (Å²) in [5, 5.41) is 5.28. The average Bonchev–Trinajstić information content (AvgIpc) is 3.19. The maximum Gasteiger partial charge on any atom is 0.265 e. The molecule has 7 nitrogen and oxygen atoms in total. The Morgan fingerprint density at radius 2 is 1.69 bits per heavy atom. The Labute approximate surface area is 256 Å². The number of hydrogen-bond acceptors (Lipinski definition) is 4. The van der Waals surface area contributed by atoms with Crippen LogP contribution in [0.3, 0.4) is 0 Å². The molecule has 2 amide bonds. The number of nitrogens with one attached hydrogen (secondary N) is 1. The smallest absolute Gasteiger partial charge is 0.265 e. The summed E-state index contributed by atoms with van der Waals surface area (Å²) in [5.41, 5.74) is 2.17. The van der Waals surface area contributed by atoms with E-state index in [9.17, 15) is 18.0 Å². The van der Waals surface area contributed by atoms with Gasteiger partial charge >= 0.3 is 0 Å². The predicted octanol–water partition coefficient (Wildman–Crippen LogP) is 6.21. The molecule has 218 valence electrons. The third-order valence-electron chi connectivity index (χ3n) is 7.41. The number of carbonyl (C=O) groups is 2. The van der Waals surface area contributed by atoms with Crippen LogP contribution in [-0.4, -0.2) is 44.3 Å². The van der Waals surface area contributed by atoms with E-state index < -0.39 is 16.1 Å². The molecular weight excluding hydrogens is 593 g/mol. The number of likely N-dealkylation sites (N-methyl/N-ethyl adjacent to an activating group) is 1. The van der Waals surface area contributed by atoms with E-state index in [4.69, 9.17) is 23.2 Å². The van der Waals surface area contributed by atoms with Gasteiger partial charge in [0.05, 0.1) is 10.6 Å². The first-order valence-electron chi connectivity index (χ1n) is 13.8. The molecule has 0 saturated heterocycles. The van der Waals surface area contributed by atoms with Gasteiger partial charge in [0.2, 0.25) is 11.8 Å². The fraction of sp³-hybridized carbons (Fsp3) is 0.250. The second kappa shape index (κ2) is 12.7. The molecule has 0 aromatic heterocycles. The van der Waals surface area contributed by atoms with Crippen LogP contribution in [0.5, 0.6) is 0 Å². The number of anilines is 1. The van der Waals surface area contributed by atoms with Gasteiger partial charge in [0.1, 0.15) is 6.04 Å². The highest BCUT2D eigenvalue weighted by molar-refractivity contribution is 7.93. The van der Waals surface area contributed by atoms with E-state index in [1.807, 2.05) is 55.5 Å². The van der Waals surface area contributed by atoms with Crippen LogP contribution in [0.15, 0.2) is 89.8 Å². The summed E-state index contributed by atoms with van der Waals surface area (Å²) in [5.74, 6) is -0.551. The first-order chi connectivity index (χ1) is 20.2. The van der Waals surface area contributed by atoms with Crippen molar-refractivity contribution in [2.45, 2.75) is 43.7 Å². The molecule has 1 aliphatic heterocycles. The van der Waals surface area contributed by atoms with Gasteiger partial charge in [0, 0.05) is 47.9 Å². The molecule has 1 heterocycles. The van der Waals surface area contributed by atoms with Crippen molar-refractivity contribution in [3.05, 3.63) is 106 Å². The topological polar surface area (TPSA) is 86.8 Å². The van der Waals surface area contributed by atoms with Crippen LogP contribution in [0.2, 0.25) is 10.0 Å². The lowest BCUT2D eigenvalue weighted by molar-refractivity contribution is -0.141. The number of carbonyl (C=O) groups excluding carboxylic acids is 2. The number of benzene rings is 4. The SMILES string of the molecule is CCNC(=O)[C@@H](Cc1ccccc1)N(Cc1ccc(Cl)cc1Cl)C(=O)CCCN1c2cccc3cccc(c23)S1(=O)=O. The van der Waals surface area contributed by atoms with Crippen LogP contribution < -0.4 is 9.62 Å². The van der Waals surface area contributed by atoms with Crippen LogP contribution >= 0.6 is 23.2 Å². The summed E-state index contributed by atoms with van der Waals surface area (Å²) < 4.78 is 28.2. The van der Waals surface area contributed by atoms with Crippen molar-refractivity contribution < 1.29 is 18.0 Å². The molecule has 0 saturated carbocycles. The Hall–Kier alpha value is -3.59. The first-order valence-corrected chi connectivity index (χ1v) is 16.0. The second-order valence-corrected chi connectivity index (χ2v) is 12.8. The zero-order chi connectivity index (χ0) is 29.9. The van der Waals surface area contributed by atoms with E-state index in [2.05, 4.69) is 5.32 Å². The fourth-order valence-electron chi connectivity index (χ4n) is 5.40. The molecule has 1 aliphatic rings. The predicted molar refractivity (Wildman–Crippen MR) is 167 cm³/mol. The minimum Gasteiger partial charge on any atom is -0.355 e. The summed E-state index contributed by atoms with van der Waals surface area (Å²) in [6.07, 6.45) is 0.608. The van der Waals surface area contributed by atoms with Crippen LogP contribution in [0.25, 0.3) is 10.8 Å². The Balaban J connectivity index is 1.40. The second-order valence-electron chi connectivity index (χ2n) is 10.2. The van der Waals surface area contributed by atoms with Crippen molar-refractivity contribution in [1.29, 1.82) is 0 Å². The summed E-state index contributed by atoms with van der Waals surface area (Å²) in [6, 6.07) is 24.5. The zero-order valence-corrected chi connectivity index (χ0v) is 25.4. The van der Waals surface area contributed by atoms with E-state index in [1.165, 1.54) is 4.31 Å². The maximum absolute atomic E-state index is 13.9. The van der Waals surface area contributed by atoms with Crippen molar-refractivity contribution >= 4 is 61.5 Å². The molecule has 0 fully saturated rings. The minimum absolute atomic E-state index is 0.0360. The van der Waals surface area contributed by atoms with Crippen LogP contribution in [0.4, 0.5) is 5.69 Å². The molecule has 0 radical (unpaired) electrons. The Bertz CT molecular complexity index is 1730. The summed E-state index contributed by atoms with van der Waals surface area (Å²) >= 11 is 12.6. The van der Waals surface area contributed by atoms with Crippen molar-refractivity contribution in [2.75, 3.05) is 17.4 Å². The van der Waals surface area contributed by atoms with Gasteiger partial charge in [-0.2, -0.15) is 0 Å². The zero-order valence-electron chi connectivity index (χ0n) is 23.1. The van der Waals surface area contributed by atoms with E-state index >= 15 is 0 Å². The molecule has 4 aromatic carbocycles. The third kappa shape index (κ3) is 6.11. The molecule has 4 aromatic rings. The number of hydrogen-bond donors (Lipinski definition) is 1. The van der Waals surface area contributed by atoms with E-state index in [0.717, 1.165) is 10.9 Å². The summed E-state index contributed by atoms with van der Waals surface area (Å²) in [7, 11) is -3.74. The Kier molecular flexibility index (Phi) is 9.06. The van der Waals surface area contributed by atoms with Gasteiger partial charge in [-0.05, 0) is 54.1 Å². The molecule has 42 heavy (non-hydrogen) atoms. The lowest BCUT2D eigenvalue weighted by Crippen LogP contribution is -2.50. The van der Waals surface area contributed by atoms with E-state index in [-0.39, 0.29) is 42.6 Å². The van der Waals surface area contributed by atoms with Crippen molar-refractivity contribution in [3.63, 3.8) is 0 Å². The first kappa shape index (κ1) is 29.9. The third-order valence-corrected chi connectivity index (χ3v) is 9.85. The standard InChI is InChI=1S/C32H31Cl2N3O4S/c1-2-35-32(39)28(19-22-9-4-3-5-10-22)36(21-24-16-17-25(33)20-26(24)34)30(38)15-8-18-37-27-13-6-11-23-12-7-14-29(31(23)27)42(37,40)41/h3-7,9-14,16-17,20,28H,2,8,15,18-19,21H2,1H3,(H,35,39)/t28-/m1/s1. The van der Waals surface area contributed by atoms with Crippen LogP contribution in [-0.2, 0) is 32.6 Å². The van der Waals surface area contributed by atoms with E-state index in [1.54, 1.807) is 41.3 Å². The van der Waals surface area contributed by atoms with Crippen molar-refractivity contribution in [3.8, 4) is 0 Å². The molecule has 5 rings (SSSR count). The lowest BCUT2D eigenvalue weighted by Gasteiger charge is -2.32. The average molecular weight is 625 g/mol. The number of sulfonamides is 1. The van der Waals surface area contributed by atoms with E-state index in [0.29, 0.717) is 39.6 Å². The number of halogens is 2. The lowest BCUT2D eigenvalue weighted by atomic mass is 10.0. The molecule has 10 heteroatoms. The fourth-order valence-corrected chi connectivity index (χ4v) is 7.61. The molecule has 1 N–H and O–H groups in total. The Morgan fingerprint density at radius 1 is 0.952 bits per heavy atom. The monoisotopic (exact) mass is 623 g/mol. The molecule has 0 aliphatic carbocycles. The molecular formula is C32H31Cl2N3O4S. The van der Waals surface area contributed by atoms with Gasteiger partial charge in [0.25, 0.3) is 10.0 Å². The minimum atomic E-state index is -3.74. The van der Waals surface area contributed by atoms with Gasteiger partial charge in [-0.3, -0.25) is 13.9 Å². The van der Waals surface area contributed by atoms with Gasteiger partial charge in [-0.25, -0.2) is 8.42 Å². The highest BCUT2D eigenvalue weighted by Crippen LogP contribution is 2.42. The quantitative estimate of drug-likeness (QED) is 0.215. The Morgan fingerprint density at radius 3 is 2.40 bits per heavy atom. The van der Waals surface area contributed by atoms with Crippen molar-refractivity contribution in [2.24, 2.45) is 0 Å². The van der Waals surface area contributed by atoms with Gasteiger partial charge in [-0.15, -0.1) is 0 Å². The van der Waals surface area contributed by atoms with Gasteiger partial charge in [0.15, 0.2) is 0 Å². The normalized spacial score (nSPS) is 14.1. The molecule has 0 bridgehead atoms. The highest BCUT2D eigenvalue weighted by atomic mass is 35.5. The summed E-state index contributed by atoms with van der Waals surface area (Å²) in [4.78, 5) is 29.1. The van der Waals surface area contributed by atoms with Gasteiger partial charge < -0.3 is 10.2 Å². The molecule has 0 spiro atoms. The van der Waals surface area contributed by atoms with Crippen LogP contribution in [0.1, 0.15) is 30.9 Å². The number of rotatable bonds is 11. The largest absolute Gasteiger partial charge is 0.355 e. The van der Waals surface area contributed by atoms with Crippen LogP contribution in [0, 0.1) is 0 Å².